The van der Waals surface area contributed by atoms with Crippen molar-refractivity contribution in [1.82, 2.24) is 0 Å². The van der Waals surface area contributed by atoms with Crippen molar-refractivity contribution < 1.29 is 0 Å². The van der Waals surface area contributed by atoms with Crippen LogP contribution in [0, 0.1) is 17.4 Å². The van der Waals surface area contributed by atoms with E-state index >= 15 is 0 Å². The zero-order valence-electron chi connectivity index (χ0n) is 11.0. The molecule has 0 heterocycles. The Morgan fingerprint density at radius 3 is 2.18 bits per heavy atom. The summed E-state index contributed by atoms with van der Waals surface area (Å²) in [6, 6.07) is 2.26. The van der Waals surface area contributed by atoms with Crippen LogP contribution in [0.2, 0.25) is 0 Å². The molecule has 0 saturated carbocycles. The first-order chi connectivity index (χ1) is 7.77. The van der Waals surface area contributed by atoms with E-state index in [0.717, 1.165) is 5.22 Å². The summed E-state index contributed by atoms with van der Waals surface area (Å²) < 4.78 is 2.60. The summed E-state index contributed by atoms with van der Waals surface area (Å²) in [5.41, 5.74) is 5.41. The molecule has 1 aromatic rings. The molecular weight excluding hydrogens is 434 g/mol. The number of aryl methyl sites for hydroxylation is 1. The van der Waals surface area contributed by atoms with Gasteiger partial charge in [0.05, 0.1) is 0 Å². The van der Waals surface area contributed by atoms with Crippen LogP contribution in [0.3, 0.4) is 0 Å². The molecule has 0 unspecified atom stereocenters. The minimum atomic E-state index is 1.15. The summed E-state index contributed by atoms with van der Waals surface area (Å²) in [5, 5.41) is 2.43. The molecule has 17 heavy (non-hydrogen) atoms. The van der Waals surface area contributed by atoms with Gasteiger partial charge in [0.1, 0.15) is 0 Å². The smallest absolute Gasteiger partial charge is 0.0237 e. The van der Waals surface area contributed by atoms with Crippen LogP contribution in [0.5, 0.6) is 0 Å². The molecule has 0 radical (unpaired) electrons. The average Bonchev–Trinajstić information content (AvgIpc) is 2.29. The molecule has 0 aliphatic rings. The van der Waals surface area contributed by atoms with E-state index in [1.807, 2.05) is 0 Å². The summed E-state index contributed by atoms with van der Waals surface area (Å²) in [4.78, 5) is 0. The topological polar surface area (TPSA) is 0 Å². The molecule has 0 fully saturated rings. The van der Waals surface area contributed by atoms with E-state index in [9.17, 15) is 0 Å². The van der Waals surface area contributed by atoms with E-state index in [4.69, 9.17) is 0 Å². The minimum Gasteiger partial charge on any atom is -0.0900 e. The first-order valence-electron chi connectivity index (χ1n) is 5.56. The van der Waals surface area contributed by atoms with Crippen molar-refractivity contribution in [1.29, 1.82) is 0 Å². The van der Waals surface area contributed by atoms with Gasteiger partial charge in [-0.1, -0.05) is 18.2 Å². The van der Waals surface area contributed by atoms with Crippen LogP contribution in [0.15, 0.2) is 17.2 Å². The summed E-state index contributed by atoms with van der Waals surface area (Å²) in [5.74, 6) is 0. The SMILES string of the molecule is C=c1c(I)c(C)c(C)c/c1=C(\I)C(C)=C(C)C. The largest absolute Gasteiger partial charge is 0.0900 e. The van der Waals surface area contributed by atoms with Gasteiger partial charge in [-0.3, -0.25) is 0 Å². The first kappa shape index (κ1) is 15.2. The zero-order valence-corrected chi connectivity index (χ0v) is 15.4. The fourth-order valence-corrected chi connectivity index (χ4v) is 3.28. The summed E-state index contributed by atoms with van der Waals surface area (Å²) in [6.07, 6.45) is 0. The Hall–Kier alpha value is 0.160. The molecule has 1 aromatic carbocycles. The van der Waals surface area contributed by atoms with Crippen LogP contribution in [-0.2, 0) is 0 Å². The molecule has 0 amide bonds. The van der Waals surface area contributed by atoms with Crippen LogP contribution in [0.25, 0.3) is 10.2 Å². The number of rotatable bonds is 1. The van der Waals surface area contributed by atoms with E-state index in [2.05, 4.69) is 92.4 Å². The number of benzene rings is 1. The van der Waals surface area contributed by atoms with Gasteiger partial charge in [0.2, 0.25) is 0 Å². The van der Waals surface area contributed by atoms with E-state index in [1.165, 1.54) is 34.6 Å². The Labute approximate surface area is 131 Å². The number of hydrogen-bond donors (Lipinski definition) is 0. The highest BCUT2D eigenvalue weighted by molar-refractivity contribution is 14.1. The fraction of sp³-hybridized carbons (Fsp3) is 0.333. The zero-order chi connectivity index (χ0) is 13.3. The highest BCUT2D eigenvalue weighted by Gasteiger charge is 2.05. The maximum Gasteiger partial charge on any atom is 0.0237 e. The van der Waals surface area contributed by atoms with Crippen LogP contribution in [0.1, 0.15) is 31.9 Å². The lowest BCUT2D eigenvalue weighted by Crippen LogP contribution is -2.29. The lowest BCUT2D eigenvalue weighted by molar-refractivity contribution is 1.26. The summed E-state index contributed by atoms with van der Waals surface area (Å²) in [7, 11) is 0. The van der Waals surface area contributed by atoms with E-state index in [0.29, 0.717) is 0 Å². The molecule has 0 N–H and O–H groups in total. The molecule has 1 rings (SSSR count). The standard InChI is InChI=1S/C15H18I2/c1-8(2)10(4)15(17)13-7-9(3)11(5)14(16)12(13)6/h7H,6H2,1-5H3/b15-13+. The number of halogens is 2. The average molecular weight is 452 g/mol. The van der Waals surface area contributed by atoms with Gasteiger partial charge >= 0.3 is 0 Å². The number of allylic oxidation sites excluding steroid dienone is 2. The molecule has 0 aromatic heterocycles. The van der Waals surface area contributed by atoms with Gasteiger partial charge < -0.3 is 0 Å². The van der Waals surface area contributed by atoms with Crippen LogP contribution >= 0.6 is 45.2 Å². The molecule has 0 aliphatic carbocycles. The van der Waals surface area contributed by atoms with Crippen molar-refractivity contribution >= 4 is 55.3 Å². The van der Waals surface area contributed by atoms with Gasteiger partial charge in [-0.25, -0.2) is 0 Å². The quantitative estimate of drug-likeness (QED) is 0.561. The van der Waals surface area contributed by atoms with Gasteiger partial charge in [-0.05, 0) is 107 Å². The van der Waals surface area contributed by atoms with E-state index in [1.54, 1.807) is 0 Å². The van der Waals surface area contributed by atoms with Gasteiger partial charge in [-0.2, -0.15) is 0 Å². The molecular formula is C15H18I2. The molecule has 0 saturated heterocycles. The third-order valence-electron chi connectivity index (χ3n) is 3.19. The highest BCUT2D eigenvalue weighted by Crippen LogP contribution is 2.20. The Bertz CT molecular complexity index is 588. The highest BCUT2D eigenvalue weighted by atomic mass is 127. The van der Waals surface area contributed by atoms with Gasteiger partial charge in [0, 0.05) is 7.15 Å². The van der Waals surface area contributed by atoms with E-state index in [-0.39, 0.29) is 0 Å². The third kappa shape index (κ3) is 3.13. The lowest BCUT2D eigenvalue weighted by atomic mass is 10.0. The van der Waals surface area contributed by atoms with Crippen molar-refractivity contribution in [2.45, 2.75) is 34.6 Å². The molecule has 2 heteroatoms. The minimum absolute atomic E-state index is 1.15. The van der Waals surface area contributed by atoms with Gasteiger partial charge in [0.25, 0.3) is 0 Å². The van der Waals surface area contributed by atoms with Crippen molar-refractivity contribution in [2.24, 2.45) is 0 Å². The second-order valence-corrected chi connectivity index (χ2v) is 6.76. The number of hydrogen-bond acceptors (Lipinski definition) is 0. The summed E-state index contributed by atoms with van der Waals surface area (Å²) >= 11 is 4.83. The van der Waals surface area contributed by atoms with Crippen LogP contribution in [-0.4, -0.2) is 0 Å². The molecule has 0 nitrogen and oxygen atoms in total. The Morgan fingerprint density at radius 2 is 1.71 bits per heavy atom. The third-order valence-corrected chi connectivity index (χ3v) is 6.04. The summed E-state index contributed by atoms with van der Waals surface area (Å²) in [6.45, 7) is 15.1. The van der Waals surface area contributed by atoms with Gasteiger partial charge in [0.15, 0.2) is 0 Å². The van der Waals surface area contributed by atoms with Crippen molar-refractivity contribution in [3.05, 3.63) is 42.3 Å². The van der Waals surface area contributed by atoms with Crippen molar-refractivity contribution in [2.75, 3.05) is 0 Å². The first-order valence-corrected chi connectivity index (χ1v) is 7.72. The fourth-order valence-electron chi connectivity index (χ4n) is 1.55. The Balaban J connectivity index is 3.82. The molecule has 0 bridgehead atoms. The molecule has 0 spiro atoms. The second kappa shape index (κ2) is 5.87. The second-order valence-electron chi connectivity index (χ2n) is 4.60. The van der Waals surface area contributed by atoms with Gasteiger partial charge in [-0.15, -0.1) is 0 Å². The molecule has 0 aliphatic heterocycles. The molecule has 0 atom stereocenters. The molecule has 92 valence electrons. The Morgan fingerprint density at radius 1 is 1.18 bits per heavy atom. The monoisotopic (exact) mass is 452 g/mol. The van der Waals surface area contributed by atoms with Crippen molar-refractivity contribution in [3.63, 3.8) is 0 Å². The lowest BCUT2D eigenvalue weighted by Gasteiger charge is -2.08. The maximum atomic E-state index is 4.23. The predicted octanol–water partition coefficient (Wildman–Crippen LogP) is 4.22. The van der Waals surface area contributed by atoms with Crippen LogP contribution in [0.4, 0.5) is 0 Å². The normalized spacial score (nSPS) is 12.4. The Kier molecular flexibility index (Phi) is 5.25. The van der Waals surface area contributed by atoms with Crippen molar-refractivity contribution in [3.8, 4) is 0 Å². The predicted molar refractivity (Wildman–Crippen MR) is 94.9 cm³/mol. The maximum absolute atomic E-state index is 4.23. The van der Waals surface area contributed by atoms with E-state index < -0.39 is 0 Å². The van der Waals surface area contributed by atoms with Crippen LogP contribution < -0.4 is 10.4 Å².